The highest BCUT2D eigenvalue weighted by atomic mass is 35.5. The van der Waals surface area contributed by atoms with Gasteiger partial charge in [0.1, 0.15) is 33.8 Å². The number of piperidine rings is 1. The lowest BCUT2D eigenvalue weighted by atomic mass is 9.97. The van der Waals surface area contributed by atoms with E-state index in [0.717, 1.165) is 24.8 Å². The van der Waals surface area contributed by atoms with Crippen LogP contribution in [-0.2, 0) is 4.79 Å². The number of benzene rings is 2. The summed E-state index contributed by atoms with van der Waals surface area (Å²) in [4.78, 5) is 19.9. The van der Waals surface area contributed by atoms with E-state index < -0.39 is 5.25 Å². The highest BCUT2D eigenvalue weighted by molar-refractivity contribution is 8.00. The lowest BCUT2D eigenvalue weighted by Crippen LogP contribution is -2.38. The Hall–Kier alpha value is -3.52. The van der Waals surface area contributed by atoms with E-state index in [9.17, 15) is 15.3 Å². The van der Waals surface area contributed by atoms with Crippen molar-refractivity contribution in [3.63, 3.8) is 0 Å². The molecule has 1 fully saturated rings. The molecule has 0 saturated carbocycles. The van der Waals surface area contributed by atoms with Crippen molar-refractivity contribution in [3.05, 3.63) is 76.3 Å². The first-order valence-electron chi connectivity index (χ1n) is 10.9. The van der Waals surface area contributed by atoms with Gasteiger partial charge in [-0.3, -0.25) is 4.79 Å². The van der Waals surface area contributed by atoms with Crippen LogP contribution in [0.3, 0.4) is 0 Å². The number of nitrogen functional groups attached to an aromatic ring is 1. The van der Waals surface area contributed by atoms with E-state index in [2.05, 4.69) is 17.1 Å². The summed E-state index contributed by atoms with van der Waals surface area (Å²) < 4.78 is 0. The first-order chi connectivity index (χ1) is 16.5. The van der Waals surface area contributed by atoms with E-state index >= 15 is 0 Å². The molecule has 0 aliphatic carbocycles. The number of carbonyl (C=O) groups excluding carboxylic acids is 1. The standard InChI is InChI=1S/C26H22ClN5OS/c27-19-11-7-10-18(14-19)22-20(15-28)24(30)31-25(21(22)16-29)34-23(17-8-3-1-4-9-17)26(33)32-12-5-2-6-13-32/h1,3-4,7-11,14,23H,2,5-6,12-13H2,(H2,30,31). The Bertz CT molecular complexity index is 1290. The predicted molar refractivity (Wildman–Crippen MR) is 134 cm³/mol. The molecule has 3 aromatic rings. The number of hydrogen-bond donors (Lipinski definition) is 1. The van der Waals surface area contributed by atoms with Gasteiger partial charge in [-0.1, -0.05) is 65.8 Å². The molecule has 1 aromatic heterocycles. The summed E-state index contributed by atoms with van der Waals surface area (Å²) in [7, 11) is 0. The number of anilines is 1. The van der Waals surface area contributed by atoms with E-state index in [4.69, 9.17) is 17.3 Å². The highest BCUT2D eigenvalue weighted by Crippen LogP contribution is 2.42. The SMILES string of the molecule is N#Cc1c(N)nc(SC(C(=O)N2CCCCC2)c2ccccc2)c(C#N)c1-c1cccc(Cl)c1. The number of pyridine rings is 1. The van der Waals surface area contributed by atoms with Gasteiger partial charge in [-0.05, 0) is 42.5 Å². The first kappa shape index (κ1) is 23.6. The third-order valence-electron chi connectivity index (χ3n) is 5.75. The molecule has 2 heterocycles. The molecule has 1 aliphatic heterocycles. The van der Waals surface area contributed by atoms with Crippen molar-refractivity contribution in [1.82, 2.24) is 9.88 Å². The number of carbonyl (C=O) groups is 1. The van der Waals surface area contributed by atoms with Gasteiger partial charge >= 0.3 is 0 Å². The fourth-order valence-corrected chi connectivity index (χ4v) is 5.47. The van der Waals surface area contributed by atoms with Crippen molar-refractivity contribution >= 4 is 35.1 Å². The third-order valence-corrected chi connectivity index (χ3v) is 7.22. The number of likely N-dealkylation sites (tertiary alicyclic amines) is 1. The lowest BCUT2D eigenvalue weighted by Gasteiger charge is -2.30. The minimum atomic E-state index is -0.599. The van der Waals surface area contributed by atoms with E-state index in [1.165, 1.54) is 11.8 Å². The molecule has 0 radical (unpaired) electrons. The summed E-state index contributed by atoms with van der Waals surface area (Å²) in [5, 5.41) is 20.1. The number of hydrogen-bond acceptors (Lipinski definition) is 6. The molecule has 6 nitrogen and oxygen atoms in total. The maximum Gasteiger partial charge on any atom is 0.240 e. The molecule has 2 aromatic carbocycles. The third kappa shape index (κ3) is 4.87. The average molecular weight is 488 g/mol. The van der Waals surface area contributed by atoms with Gasteiger partial charge in [0.05, 0.1) is 5.56 Å². The van der Waals surface area contributed by atoms with E-state index in [-0.39, 0.29) is 22.9 Å². The van der Waals surface area contributed by atoms with Crippen LogP contribution in [0, 0.1) is 22.7 Å². The number of nitriles is 2. The molecule has 1 atom stereocenters. The molecule has 1 saturated heterocycles. The number of thioether (sulfide) groups is 1. The number of halogens is 1. The van der Waals surface area contributed by atoms with Crippen LogP contribution in [0.15, 0.2) is 59.6 Å². The zero-order chi connectivity index (χ0) is 24.1. The minimum absolute atomic E-state index is 0.0104. The van der Waals surface area contributed by atoms with Gasteiger partial charge in [0.25, 0.3) is 0 Å². The highest BCUT2D eigenvalue weighted by Gasteiger charge is 2.31. The maximum absolute atomic E-state index is 13.6. The molecule has 1 amide bonds. The Kier molecular flexibility index (Phi) is 7.37. The molecule has 1 aliphatic rings. The molecule has 8 heteroatoms. The second-order valence-electron chi connectivity index (χ2n) is 7.96. The second-order valence-corrected chi connectivity index (χ2v) is 9.49. The molecule has 170 valence electrons. The summed E-state index contributed by atoms with van der Waals surface area (Å²) in [6.45, 7) is 1.43. The number of aromatic nitrogens is 1. The molecular formula is C26H22ClN5OS. The van der Waals surface area contributed by atoms with Gasteiger partial charge in [-0.15, -0.1) is 0 Å². The van der Waals surface area contributed by atoms with Gasteiger partial charge in [-0.2, -0.15) is 10.5 Å². The molecule has 34 heavy (non-hydrogen) atoms. The summed E-state index contributed by atoms with van der Waals surface area (Å²) in [5.74, 6) is -0.00923. The topological polar surface area (TPSA) is 107 Å². The van der Waals surface area contributed by atoms with E-state index in [1.54, 1.807) is 24.3 Å². The zero-order valence-corrected chi connectivity index (χ0v) is 19.9. The zero-order valence-electron chi connectivity index (χ0n) is 18.4. The van der Waals surface area contributed by atoms with E-state index in [0.29, 0.717) is 34.3 Å². The monoisotopic (exact) mass is 487 g/mol. The first-order valence-corrected chi connectivity index (χ1v) is 12.2. The van der Waals surface area contributed by atoms with Crippen LogP contribution in [0.5, 0.6) is 0 Å². The molecule has 2 N–H and O–H groups in total. The van der Waals surface area contributed by atoms with Crippen molar-refractivity contribution in [2.24, 2.45) is 0 Å². The Labute approximate surface area is 208 Å². The average Bonchev–Trinajstić information content (AvgIpc) is 2.87. The Balaban J connectivity index is 1.84. The summed E-state index contributed by atoms with van der Waals surface area (Å²) >= 11 is 7.38. The minimum Gasteiger partial charge on any atom is -0.383 e. The van der Waals surface area contributed by atoms with Crippen molar-refractivity contribution in [2.45, 2.75) is 29.5 Å². The normalized spacial score (nSPS) is 14.1. The summed E-state index contributed by atoms with van der Waals surface area (Å²) in [5.41, 5.74) is 8.28. The quantitative estimate of drug-likeness (QED) is 0.471. The molecule has 4 rings (SSSR count). The lowest BCUT2D eigenvalue weighted by molar-refractivity contribution is -0.131. The van der Waals surface area contributed by atoms with Gasteiger partial charge in [0, 0.05) is 23.7 Å². The number of nitrogens with two attached hydrogens (primary N) is 1. The smallest absolute Gasteiger partial charge is 0.240 e. The van der Waals surface area contributed by atoms with Gasteiger partial charge in [0.15, 0.2) is 0 Å². The number of nitrogens with zero attached hydrogens (tertiary/aromatic N) is 4. The second kappa shape index (κ2) is 10.6. The maximum atomic E-state index is 13.6. The van der Waals surface area contributed by atoms with Crippen LogP contribution in [0.25, 0.3) is 11.1 Å². The largest absolute Gasteiger partial charge is 0.383 e. The Morgan fingerprint density at radius 3 is 2.38 bits per heavy atom. The van der Waals surface area contributed by atoms with Gasteiger partial charge in [0.2, 0.25) is 5.91 Å². The Morgan fingerprint density at radius 2 is 1.74 bits per heavy atom. The van der Waals surface area contributed by atoms with Crippen molar-refractivity contribution in [2.75, 3.05) is 18.8 Å². The van der Waals surface area contributed by atoms with Crippen LogP contribution >= 0.6 is 23.4 Å². The number of rotatable bonds is 5. The Morgan fingerprint density at radius 1 is 1.03 bits per heavy atom. The summed E-state index contributed by atoms with van der Waals surface area (Å²) in [6.07, 6.45) is 3.06. The van der Waals surface area contributed by atoms with Crippen molar-refractivity contribution in [3.8, 4) is 23.3 Å². The summed E-state index contributed by atoms with van der Waals surface area (Å²) in [6, 6.07) is 20.7. The van der Waals surface area contributed by atoms with Crippen LogP contribution in [0.1, 0.15) is 41.2 Å². The van der Waals surface area contributed by atoms with Crippen molar-refractivity contribution < 1.29 is 4.79 Å². The van der Waals surface area contributed by atoms with Crippen LogP contribution in [0.4, 0.5) is 5.82 Å². The number of amides is 1. The van der Waals surface area contributed by atoms with Crippen molar-refractivity contribution in [1.29, 1.82) is 10.5 Å². The van der Waals surface area contributed by atoms with Gasteiger partial charge in [-0.25, -0.2) is 4.98 Å². The van der Waals surface area contributed by atoms with E-state index in [1.807, 2.05) is 35.2 Å². The van der Waals surface area contributed by atoms with Crippen LogP contribution in [0.2, 0.25) is 5.02 Å². The predicted octanol–water partition coefficient (Wildman–Crippen LogP) is 5.57. The molecule has 0 bridgehead atoms. The van der Waals surface area contributed by atoms with Crippen LogP contribution in [-0.4, -0.2) is 28.9 Å². The molecule has 0 spiro atoms. The molecule has 1 unspecified atom stereocenters. The fraction of sp³-hybridized carbons (Fsp3) is 0.231. The van der Waals surface area contributed by atoms with Crippen LogP contribution < -0.4 is 5.73 Å². The molecular weight excluding hydrogens is 466 g/mol. The van der Waals surface area contributed by atoms with Gasteiger partial charge < -0.3 is 10.6 Å². The fourth-order valence-electron chi connectivity index (χ4n) is 4.10.